The highest BCUT2D eigenvalue weighted by molar-refractivity contribution is 6.30. The van der Waals surface area contributed by atoms with Crippen LogP contribution in [0.15, 0.2) is 48.5 Å². The molecule has 10 heteroatoms. The van der Waals surface area contributed by atoms with E-state index in [2.05, 4.69) is 5.32 Å². The summed E-state index contributed by atoms with van der Waals surface area (Å²) in [4.78, 5) is 44.9. The van der Waals surface area contributed by atoms with E-state index in [9.17, 15) is 18.8 Å². The molecule has 0 aliphatic carbocycles. The summed E-state index contributed by atoms with van der Waals surface area (Å²) in [6.45, 7) is 1.83. The number of halogens is 2. The van der Waals surface area contributed by atoms with E-state index in [0.717, 1.165) is 0 Å². The number of nitrogens with zero attached hydrogens (tertiary/aromatic N) is 3. The fourth-order valence-corrected chi connectivity index (χ4v) is 4.78. The molecule has 36 heavy (non-hydrogen) atoms. The van der Waals surface area contributed by atoms with Crippen LogP contribution in [-0.4, -0.2) is 91.1 Å². The Kier molecular flexibility index (Phi) is 7.92. The van der Waals surface area contributed by atoms with Gasteiger partial charge in [-0.1, -0.05) is 11.6 Å². The highest BCUT2D eigenvalue weighted by Crippen LogP contribution is 2.39. The zero-order valence-electron chi connectivity index (χ0n) is 20.4. The lowest BCUT2D eigenvalue weighted by Crippen LogP contribution is -2.60. The molecule has 2 aliphatic rings. The molecule has 0 aromatic heterocycles. The summed E-state index contributed by atoms with van der Waals surface area (Å²) in [6.07, 6.45) is 0.696. The van der Waals surface area contributed by atoms with Crippen molar-refractivity contribution in [2.45, 2.75) is 24.6 Å². The van der Waals surface area contributed by atoms with Crippen molar-refractivity contribution in [2.24, 2.45) is 0 Å². The molecular formula is C26H30ClFN4O4. The van der Waals surface area contributed by atoms with Gasteiger partial charge in [0.2, 0.25) is 5.91 Å². The summed E-state index contributed by atoms with van der Waals surface area (Å²) in [5.41, 5.74) is -0.238. The largest absolute Gasteiger partial charge is 0.353 e. The van der Waals surface area contributed by atoms with Crippen LogP contribution < -0.4 is 5.32 Å². The van der Waals surface area contributed by atoms with E-state index in [0.29, 0.717) is 49.6 Å². The number of nitrogens with one attached hydrogen (secondary N) is 1. The summed E-state index contributed by atoms with van der Waals surface area (Å²) < 4.78 is 19.7. The van der Waals surface area contributed by atoms with Gasteiger partial charge in [0.05, 0.1) is 6.61 Å². The van der Waals surface area contributed by atoms with Gasteiger partial charge in [0.1, 0.15) is 17.6 Å². The minimum absolute atomic E-state index is 0.0475. The standard InChI is InChI=1S/C26H30ClFN4O4/c1-30(2)16-13-29-23(33)22-17-36-26(32(22)25(35)19-5-9-21(28)10-6-19)11-14-31(15-12-26)24(34)18-3-7-20(27)8-4-18/h3-10,22H,11-17H2,1-2H3,(H,29,33)/t22-/m1/s1. The second kappa shape index (κ2) is 10.9. The molecule has 0 saturated carbocycles. The third-order valence-electron chi connectivity index (χ3n) is 6.65. The molecule has 0 radical (unpaired) electrons. The van der Waals surface area contributed by atoms with Crippen LogP contribution in [0.3, 0.4) is 0 Å². The summed E-state index contributed by atoms with van der Waals surface area (Å²) in [5.74, 6) is -1.29. The Morgan fingerprint density at radius 2 is 1.61 bits per heavy atom. The van der Waals surface area contributed by atoms with Crippen molar-refractivity contribution >= 4 is 29.3 Å². The van der Waals surface area contributed by atoms with Gasteiger partial charge in [-0.2, -0.15) is 0 Å². The van der Waals surface area contributed by atoms with E-state index < -0.39 is 23.5 Å². The van der Waals surface area contributed by atoms with Crippen LogP contribution in [0.1, 0.15) is 33.6 Å². The quantitative estimate of drug-likeness (QED) is 0.638. The number of likely N-dealkylation sites (tertiary alicyclic amines) is 1. The number of carbonyl (C=O) groups is 3. The number of piperidine rings is 1. The Labute approximate surface area is 214 Å². The molecule has 0 unspecified atom stereocenters. The van der Waals surface area contributed by atoms with E-state index in [-0.39, 0.29) is 24.0 Å². The van der Waals surface area contributed by atoms with E-state index in [4.69, 9.17) is 16.3 Å². The highest BCUT2D eigenvalue weighted by Gasteiger charge is 2.54. The SMILES string of the molecule is CN(C)CCNC(=O)[C@H]1COC2(CCN(C(=O)c3ccc(Cl)cc3)CC2)N1C(=O)c1ccc(F)cc1. The minimum Gasteiger partial charge on any atom is -0.353 e. The molecule has 2 heterocycles. The maximum Gasteiger partial charge on any atom is 0.256 e. The second-order valence-corrected chi connectivity index (χ2v) is 9.78. The lowest BCUT2D eigenvalue weighted by Gasteiger charge is -2.44. The van der Waals surface area contributed by atoms with Gasteiger partial charge in [-0.3, -0.25) is 19.3 Å². The van der Waals surface area contributed by atoms with Crippen molar-refractivity contribution in [3.63, 3.8) is 0 Å². The maximum atomic E-state index is 13.6. The van der Waals surface area contributed by atoms with E-state index in [1.54, 1.807) is 29.2 Å². The van der Waals surface area contributed by atoms with Crippen molar-refractivity contribution in [2.75, 3.05) is 46.9 Å². The number of amides is 3. The number of carbonyl (C=O) groups excluding carboxylic acids is 3. The zero-order chi connectivity index (χ0) is 25.9. The monoisotopic (exact) mass is 516 g/mol. The number of benzene rings is 2. The Morgan fingerprint density at radius 3 is 2.22 bits per heavy atom. The first kappa shape index (κ1) is 26.1. The van der Waals surface area contributed by atoms with Gasteiger partial charge in [-0.05, 0) is 62.6 Å². The van der Waals surface area contributed by atoms with Crippen molar-refractivity contribution in [1.82, 2.24) is 20.0 Å². The van der Waals surface area contributed by atoms with Crippen LogP contribution >= 0.6 is 11.6 Å². The van der Waals surface area contributed by atoms with Crippen LogP contribution in [-0.2, 0) is 9.53 Å². The van der Waals surface area contributed by atoms with E-state index in [1.807, 2.05) is 19.0 Å². The van der Waals surface area contributed by atoms with Crippen LogP contribution in [0.4, 0.5) is 4.39 Å². The molecule has 0 bridgehead atoms. The van der Waals surface area contributed by atoms with Crippen LogP contribution in [0.25, 0.3) is 0 Å². The van der Waals surface area contributed by atoms with Crippen molar-refractivity contribution in [3.8, 4) is 0 Å². The third kappa shape index (κ3) is 5.53. The molecule has 2 aliphatic heterocycles. The lowest BCUT2D eigenvalue weighted by atomic mass is 9.96. The van der Waals surface area contributed by atoms with Gasteiger partial charge in [-0.15, -0.1) is 0 Å². The lowest BCUT2D eigenvalue weighted by molar-refractivity contribution is -0.128. The molecule has 2 fully saturated rings. The average molecular weight is 517 g/mol. The predicted octanol–water partition coefficient (Wildman–Crippen LogP) is 2.63. The van der Waals surface area contributed by atoms with Gasteiger partial charge in [0, 0.05) is 55.2 Å². The average Bonchev–Trinajstić information content (AvgIpc) is 3.23. The van der Waals surface area contributed by atoms with Gasteiger partial charge in [0.15, 0.2) is 0 Å². The van der Waals surface area contributed by atoms with Crippen LogP contribution in [0.5, 0.6) is 0 Å². The van der Waals surface area contributed by atoms with Crippen molar-refractivity contribution < 1.29 is 23.5 Å². The number of rotatable bonds is 6. The Bertz CT molecular complexity index is 1100. The molecule has 1 atom stereocenters. The molecule has 3 amide bonds. The molecular weight excluding hydrogens is 487 g/mol. The Balaban J connectivity index is 1.54. The summed E-state index contributed by atoms with van der Waals surface area (Å²) in [6, 6.07) is 11.1. The van der Waals surface area contributed by atoms with E-state index >= 15 is 0 Å². The third-order valence-corrected chi connectivity index (χ3v) is 6.91. The highest BCUT2D eigenvalue weighted by atomic mass is 35.5. The molecule has 1 N–H and O–H groups in total. The van der Waals surface area contributed by atoms with Gasteiger partial charge in [-0.25, -0.2) is 4.39 Å². The van der Waals surface area contributed by atoms with Crippen molar-refractivity contribution in [3.05, 3.63) is 70.5 Å². The number of likely N-dealkylation sites (N-methyl/N-ethyl adjacent to an activating group) is 1. The Morgan fingerprint density at radius 1 is 1.03 bits per heavy atom. The van der Waals surface area contributed by atoms with Gasteiger partial charge in [0.25, 0.3) is 11.8 Å². The molecule has 192 valence electrons. The number of ether oxygens (including phenoxy) is 1. The zero-order valence-corrected chi connectivity index (χ0v) is 21.1. The normalized spacial score (nSPS) is 19.1. The maximum absolute atomic E-state index is 13.6. The first-order valence-electron chi connectivity index (χ1n) is 11.9. The summed E-state index contributed by atoms with van der Waals surface area (Å²) >= 11 is 5.94. The molecule has 2 aromatic rings. The first-order chi connectivity index (χ1) is 17.2. The van der Waals surface area contributed by atoms with Crippen LogP contribution in [0.2, 0.25) is 5.02 Å². The van der Waals surface area contributed by atoms with Crippen LogP contribution in [0, 0.1) is 5.82 Å². The predicted molar refractivity (Wildman–Crippen MR) is 133 cm³/mol. The minimum atomic E-state index is -1.04. The number of hydrogen-bond acceptors (Lipinski definition) is 5. The molecule has 1 spiro atoms. The van der Waals surface area contributed by atoms with E-state index in [1.165, 1.54) is 29.2 Å². The van der Waals surface area contributed by atoms with Gasteiger partial charge < -0.3 is 19.9 Å². The first-order valence-corrected chi connectivity index (χ1v) is 12.3. The second-order valence-electron chi connectivity index (χ2n) is 9.35. The molecule has 4 rings (SSSR count). The fraction of sp³-hybridized carbons (Fsp3) is 0.423. The smallest absolute Gasteiger partial charge is 0.256 e. The van der Waals surface area contributed by atoms with Crippen molar-refractivity contribution in [1.29, 1.82) is 0 Å². The topological polar surface area (TPSA) is 82.2 Å². The number of hydrogen-bond donors (Lipinski definition) is 1. The summed E-state index contributed by atoms with van der Waals surface area (Å²) in [5, 5.41) is 3.44. The molecule has 8 nitrogen and oxygen atoms in total. The Hall–Kier alpha value is -3.01. The molecule has 2 saturated heterocycles. The molecule has 2 aromatic carbocycles. The fourth-order valence-electron chi connectivity index (χ4n) is 4.65. The summed E-state index contributed by atoms with van der Waals surface area (Å²) in [7, 11) is 3.81. The van der Waals surface area contributed by atoms with Gasteiger partial charge >= 0.3 is 0 Å².